The maximum absolute atomic E-state index is 12.3. The summed E-state index contributed by atoms with van der Waals surface area (Å²) in [5, 5.41) is 0. The van der Waals surface area contributed by atoms with Crippen molar-refractivity contribution in [3.63, 3.8) is 0 Å². The summed E-state index contributed by atoms with van der Waals surface area (Å²) in [6.07, 6.45) is 3.07. The molecule has 2 heterocycles. The van der Waals surface area contributed by atoms with Crippen molar-refractivity contribution < 1.29 is 8.42 Å². The van der Waals surface area contributed by atoms with Crippen LogP contribution in [-0.4, -0.2) is 69.3 Å². The van der Waals surface area contributed by atoms with Gasteiger partial charge in [0.2, 0.25) is 0 Å². The van der Waals surface area contributed by atoms with Gasteiger partial charge in [0.1, 0.15) is 0 Å². The summed E-state index contributed by atoms with van der Waals surface area (Å²) in [5.41, 5.74) is 1.65. The fourth-order valence-electron chi connectivity index (χ4n) is 4.40. The number of benzene rings is 1. The minimum atomic E-state index is -3.28. The van der Waals surface area contributed by atoms with E-state index in [1.165, 1.54) is 9.87 Å². The maximum atomic E-state index is 12.3. The van der Waals surface area contributed by atoms with E-state index in [9.17, 15) is 8.42 Å². The SMILES string of the molecule is CN1C[C@H](c2ccccc2)CC2(CCN(S(=O)(=O)N(C)C)CC2)C1. The van der Waals surface area contributed by atoms with Crippen LogP contribution in [0.2, 0.25) is 0 Å². The van der Waals surface area contributed by atoms with Crippen molar-refractivity contribution in [2.45, 2.75) is 25.2 Å². The molecule has 5 nitrogen and oxygen atoms in total. The first-order valence-corrected chi connectivity index (χ1v) is 10.1. The molecule has 0 saturated carbocycles. The van der Waals surface area contributed by atoms with E-state index in [-0.39, 0.29) is 5.41 Å². The molecule has 0 amide bonds. The van der Waals surface area contributed by atoms with Gasteiger partial charge in [-0.1, -0.05) is 30.3 Å². The second-order valence-corrected chi connectivity index (χ2v) is 9.84. The zero-order valence-electron chi connectivity index (χ0n) is 15.0. The van der Waals surface area contributed by atoms with Crippen molar-refractivity contribution in [1.29, 1.82) is 0 Å². The van der Waals surface area contributed by atoms with Crippen molar-refractivity contribution in [2.75, 3.05) is 47.3 Å². The first-order valence-electron chi connectivity index (χ1n) is 8.74. The minimum absolute atomic E-state index is 0.242. The van der Waals surface area contributed by atoms with Gasteiger partial charge in [0, 0.05) is 40.3 Å². The van der Waals surface area contributed by atoms with E-state index in [0.29, 0.717) is 19.0 Å². The molecule has 2 saturated heterocycles. The molecule has 1 aromatic carbocycles. The Hall–Kier alpha value is -0.950. The highest BCUT2D eigenvalue weighted by Gasteiger charge is 2.43. The van der Waals surface area contributed by atoms with Crippen LogP contribution in [0.4, 0.5) is 0 Å². The van der Waals surface area contributed by atoms with Gasteiger partial charge >= 0.3 is 0 Å². The van der Waals surface area contributed by atoms with Crippen LogP contribution in [0.1, 0.15) is 30.7 Å². The molecule has 3 rings (SSSR count). The van der Waals surface area contributed by atoms with Crippen LogP contribution in [0.3, 0.4) is 0 Å². The van der Waals surface area contributed by atoms with Crippen LogP contribution in [0.15, 0.2) is 30.3 Å². The fraction of sp³-hybridized carbons (Fsp3) is 0.667. The molecule has 0 unspecified atom stereocenters. The molecule has 2 aliphatic heterocycles. The van der Waals surface area contributed by atoms with Crippen LogP contribution < -0.4 is 0 Å². The standard InChI is InChI=1S/C18H29N3O2S/c1-19(2)24(22,23)21-11-9-18(10-12-21)13-17(14-20(3)15-18)16-7-5-4-6-8-16/h4-8,17H,9-15H2,1-3H3/t17-/m1/s1. The lowest BCUT2D eigenvalue weighted by molar-refractivity contribution is 0.0431. The monoisotopic (exact) mass is 351 g/mol. The largest absolute Gasteiger partial charge is 0.305 e. The number of piperidine rings is 2. The predicted molar refractivity (Wildman–Crippen MR) is 97.1 cm³/mol. The van der Waals surface area contributed by atoms with Gasteiger partial charge in [-0.05, 0) is 43.2 Å². The molecule has 134 valence electrons. The van der Waals surface area contributed by atoms with Gasteiger partial charge < -0.3 is 4.90 Å². The third-order valence-electron chi connectivity index (χ3n) is 5.66. The molecule has 1 aromatic rings. The van der Waals surface area contributed by atoms with E-state index < -0.39 is 10.2 Å². The maximum Gasteiger partial charge on any atom is 0.281 e. The summed E-state index contributed by atoms with van der Waals surface area (Å²) >= 11 is 0. The average molecular weight is 352 g/mol. The Bertz CT molecular complexity index is 652. The quantitative estimate of drug-likeness (QED) is 0.837. The zero-order chi connectivity index (χ0) is 17.4. The molecular weight excluding hydrogens is 322 g/mol. The number of hydrogen-bond acceptors (Lipinski definition) is 3. The zero-order valence-corrected chi connectivity index (χ0v) is 15.8. The minimum Gasteiger partial charge on any atom is -0.305 e. The Morgan fingerprint density at radius 3 is 2.33 bits per heavy atom. The van der Waals surface area contributed by atoms with E-state index in [4.69, 9.17) is 0 Å². The summed E-state index contributed by atoms with van der Waals surface area (Å²) in [5.74, 6) is 0.543. The van der Waals surface area contributed by atoms with Crippen LogP contribution in [-0.2, 0) is 10.2 Å². The molecule has 24 heavy (non-hydrogen) atoms. The highest BCUT2D eigenvalue weighted by molar-refractivity contribution is 7.86. The second kappa shape index (κ2) is 6.75. The summed E-state index contributed by atoms with van der Waals surface area (Å²) in [4.78, 5) is 2.43. The van der Waals surface area contributed by atoms with Gasteiger partial charge in [0.15, 0.2) is 0 Å². The highest BCUT2D eigenvalue weighted by atomic mass is 32.2. The molecule has 1 spiro atoms. The fourth-order valence-corrected chi connectivity index (χ4v) is 5.50. The van der Waals surface area contributed by atoms with Crippen LogP contribution in [0, 0.1) is 5.41 Å². The number of rotatable bonds is 3. The van der Waals surface area contributed by atoms with E-state index in [1.807, 2.05) is 0 Å². The number of likely N-dealkylation sites (tertiary alicyclic amines) is 1. The van der Waals surface area contributed by atoms with Crippen LogP contribution >= 0.6 is 0 Å². The van der Waals surface area contributed by atoms with Gasteiger partial charge in [0.05, 0.1) is 0 Å². The van der Waals surface area contributed by atoms with Gasteiger partial charge in [0.25, 0.3) is 10.2 Å². The van der Waals surface area contributed by atoms with Crippen molar-refractivity contribution in [1.82, 2.24) is 13.5 Å². The highest BCUT2D eigenvalue weighted by Crippen LogP contribution is 2.45. The molecule has 0 aliphatic carbocycles. The first kappa shape index (κ1) is 17.9. The van der Waals surface area contributed by atoms with E-state index in [0.717, 1.165) is 32.4 Å². The van der Waals surface area contributed by atoms with Crippen molar-refractivity contribution in [2.24, 2.45) is 5.41 Å². The van der Waals surface area contributed by atoms with Gasteiger partial charge in [-0.2, -0.15) is 17.0 Å². The van der Waals surface area contributed by atoms with E-state index in [2.05, 4.69) is 42.3 Å². The lowest BCUT2D eigenvalue weighted by atomic mass is 9.68. The van der Waals surface area contributed by atoms with Gasteiger partial charge in [-0.15, -0.1) is 0 Å². The Kier molecular flexibility index (Phi) is 5.02. The molecule has 2 aliphatic rings. The van der Waals surface area contributed by atoms with Gasteiger partial charge in [-0.25, -0.2) is 0 Å². The number of hydrogen-bond donors (Lipinski definition) is 0. The predicted octanol–water partition coefficient (Wildman–Crippen LogP) is 1.99. The number of nitrogens with zero attached hydrogens (tertiary/aromatic N) is 3. The molecule has 1 atom stereocenters. The van der Waals surface area contributed by atoms with E-state index in [1.54, 1.807) is 18.4 Å². The normalized spacial score (nSPS) is 26.1. The molecule has 0 N–H and O–H groups in total. The molecule has 0 radical (unpaired) electrons. The third kappa shape index (κ3) is 3.52. The van der Waals surface area contributed by atoms with Crippen molar-refractivity contribution in [3.05, 3.63) is 35.9 Å². The number of likely N-dealkylation sites (N-methyl/N-ethyl adjacent to an activating group) is 1. The second-order valence-electron chi connectivity index (χ2n) is 7.70. The Morgan fingerprint density at radius 1 is 1.12 bits per heavy atom. The van der Waals surface area contributed by atoms with Crippen molar-refractivity contribution in [3.8, 4) is 0 Å². The van der Waals surface area contributed by atoms with Crippen LogP contribution in [0.25, 0.3) is 0 Å². The summed E-state index contributed by atoms with van der Waals surface area (Å²) in [6.45, 7) is 3.43. The van der Waals surface area contributed by atoms with Crippen LogP contribution in [0.5, 0.6) is 0 Å². The summed E-state index contributed by atoms with van der Waals surface area (Å²) < 4.78 is 27.7. The third-order valence-corrected chi connectivity index (χ3v) is 7.60. The molecule has 2 fully saturated rings. The Balaban J connectivity index is 1.73. The summed E-state index contributed by atoms with van der Waals surface area (Å²) in [7, 11) is 2.13. The Labute approximate surface area is 146 Å². The topological polar surface area (TPSA) is 43.9 Å². The smallest absolute Gasteiger partial charge is 0.281 e. The lowest BCUT2D eigenvalue weighted by Crippen LogP contribution is -2.53. The van der Waals surface area contributed by atoms with Crippen molar-refractivity contribution >= 4 is 10.2 Å². The summed E-state index contributed by atoms with van der Waals surface area (Å²) in [6, 6.07) is 10.7. The molecule has 0 aromatic heterocycles. The first-order chi connectivity index (χ1) is 11.3. The average Bonchev–Trinajstić information content (AvgIpc) is 2.55. The lowest BCUT2D eigenvalue weighted by Gasteiger charge is -2.49. The van der Waals surface area contributed by atoms with Gasteiger partial charge in [-0.3, -0.25) is 0 Å². The Morgan fingerprint density at radius 2 is 1.75 bits per heavy atom. The molecular formula is C18H29N3O2S. The molecule has 6 heteroatoms. The molecule has 0 bridgehead atoms. The van der Waals surface area contributed by atoms with E-state index >= 15 is 0 Å².